The van der Waals surface area contributed by atoms with E-state index in [1.807, 2.05) is 33.4 Å². The molecular formula is C24H31N3O2S. The van der Waals surface area contributed by atoms with Gasteiger partial charge in [0.25, 0.3) is 5.91 Å². The number of carbonyl (C=O) groups is 2. The van der Waals surface area contributed by atoms with Gasteiger partial charge in [-0.05, 0) is 42.2 Å². The molecule has 0 bridgehead atoms. The maximum absolute atomic E-state index is 12.7. The van der Waals surface area contributed by atoms with Crippen molar-refractivity contribution < 1.29 is 9.59 Å². The lowest BCUT2D eigenvalue weighted by Gasteiger charge is -2.36. The fourth-order valence-electron chi connectivity index (χ4n) is 4.52. The second-order valence-corrected chi connectivity index (χ2v) is 9.37. The first-order valence-corrected chi connectivity index (χ1v) is 11.9. The lowest BCUT2D eigenvalue weighted by atomic mass is 9.93. The molecule has 0 aliphatic carbocycles. The van der Waals surface area contributed by atoms with Gasteiger partial charge in [-0.3, -0.25) is 14.5 Å². The summed E-state index contributed by atoms with van der Waals surface area (Å²) >= 11 is 1.51. The summed E-state index contributed by atoms with van der Waals surface area (Å²) in [5.74, 6) is 0.859. The molecule has 0 spiro atoms. The van der Waals surface area contributed by atoms with Gasteiger partial charge in [-0.1, -0.05) is 36.4 Å². The number of likely N-dealkylation sites (tertiary alicyclic amines) is 1. The minimum absolute atomic E-state index is 0.149. The predicted molar refractivity (Wildman–Crippen MR) is 120 cm³/mol. The summed E-state index contributed by atoms with van der Waals surface area (Å²) in [5, 5.41) is 1.95. The van der Waals surface area contributed by atoms with E-state index in [2.05, 4.69) is 29.2 Å². The van der Waals surface area contributed by atoms with E-state index in [1.54, 1.807) is 0 Å². The van der Waals surface area contributed by atoms with E-state index in [-0.39, 0.29) is 11.8 Å². The Morgan fingerprint density at radius 3 is 2.47 bits per heavy atom. The summed E-state index contributed by atoms with van der Waals surface area (Å²) in [5.41, 5.74) is 1.33. The molecule has 1 unspecified atom stereocenters. The first-order valence-electron chi connectivity index (χ1n) is 11.1. The molecule has 1 aromatic heterocycles. The van der Waals surface area contributed by atoms with Gasteiger partial charge in [-0.2, -0.15) is 0 Å². The van der Waals surface area contributed by atoms with Gasteiger partial charge in [0.2, 0.25) is 5.91 Å². The fourth-order valence-corrected chi connectivity index (χ4v) is 5.21. The molecule has 4 rings (SSSR count). The molecule has 2 amide bonds. The largest absolute Gasteiger partial charge is 0.340 e. The van der Waals surface area contributed by atoms with Crippen molar-refractivity contribution in [2.24, 2.45) is 5.92 Å². The van der Waals surface area contributed by atoms with Crippen LogP contribution in [0, 0.1) is 5.92 Å². The van der Waals surface area contributed by atoms with Crippen LogP contribution in [-0.4, -0.2) is 65.8 Å². The number of piperazine rings is 1. The highest BCUT2D eigenvalue weighted by atomic mass is 32.1. The molecule has 160 valence electrons. The van der Waals surface area contributed by atoms with Crippen LogP contribution in [0.15, 0.2) is 47.8 Å². The van der Waals surface area contributed by atoms with Crippen LogP contribution in [0.5, 0.6) is 0 Å². The molecule has 2 fully saturated rings. The summed E-state index contributed by atoms with van der Waals surface area (Å²) in [4.78, 5) is 32.6. The fraction of sp³-hybridized carbons (Fsp3) is 0.500. The van der Waals surface area contributed by atoms with Crippen LogP contribution in [0.2, 0.25) is 0 Å². The highest BCUT2D eigenvalue weighted by Crippen LogP contribution is 2.24. The monoisotopic (exact) mass is 425 g/mol. The standard InChI is InChI=1S/C24H31N3O2S/c28-23(26-15-13-25(14-16-26)18-20-6-2-1-3-7-20)11-10-21-8-4-12-27(19-21)24(29)22-9-5-17-30-22/h1-3,5-7,9,17,21H,4,8,10-16,18-19H2. The third-order valence-corrected chi connectivity index (χ3v) is 7.14. The van der Waals surface area contributed by atoms with Crippen molar-refractivity contribution in [1.29, 1.82) is 0 Å². The number of amides is 2. The van der Waals surface area contributed by atoms with Gasteiger partial charge in [-0.15, -0.1) is 11.3 Å². The van der Waals surface area contributed by atoms with Gasteiger partial charge >= 0.3 is 0 Å². The Kier molecular flexibility index (Phi) is 7.18. The molecule has 1 atom stereocenters. The molecule has 2 aromatic rings. The van der Waals surface area contributed by atoms with Crippen LogP contribution in [-0.2, 0) is 11.3 Å². The van der Waals surface area contributed by atoms with Crippen molar-refractivity contribution in [2.75, 3.05) is 39.3 Å². The summed E-state index contributed by atoms with van der Waals surface area (Å²) < 4.78 is 0. The topological polar surface area (TPSA) is 43.9 Å². The second-order valence-electron chi connectivity index (χ2n) is 8.42. The Bertz CT molecular complexity index is 816. The van der Waals surface area contributed by atoms with E-state index in [0.717, 1.165) is 70.0 Å². The molecule has 6 heteroatoms. The third kappa shape index (κ3) is 5.49. The lowest BCUT2D eigenvalue weighted by molar-refractivity contribution is -0.133. The second kappa shape index (κ2) is 10.2. The Hall–Kier alpha value is -2.18. The number of rotatable bonds is 6. The van der Waals surface area contributed by atoms with Gasteiger partial charge < -0.3 is 9.80 Å². The molecule has 2 aliphatic heterocycles. The van der Waals surface area contributed by atoms with Gasteiger partial charge in [0, 0.05) is 52.2 Å². The number of hydrogen-bond acceptors (Lipinski definition) is 4. The number of thiophene rings is 1. The molecular weight excluding hydrogens is 394 g/mol. The zero-order valence-corrected chi connectivity index (χ0v) is 18.4. The Morgan fingerprint density at radius 2 is 1.73 bits per heavy atom. The maximum atomic E-state index is 12.7. The molecule has 0 saturated carbocycles. The number of nitrogens with zero attached hydrogens (tertiary/aromatic N) is 3. The van der Waals surface area contributed by atoms with E-state index < -0.39 is 0 Å². The van der Waals surface area contributed by atoms with Crippen molar-refractivity contribution in [3.05, 3.63) is 58.3 Å². The summed E-state index contributed by atoms with van der Waals surface area (Å²) in [6, 6.07) is 14.4. The number of carbonyl (C=O) groups excluding carboxylic acids is 2. The average Bonchev–Trinajstić information content (AvgIpc) is 3.33. The van der Waals surface area contributed by atoms with Crippen molar-refractivity contribution in [1.82, 2.24) is 14.7 Å². The lowest BCUT2D eigenvalue weighted by Crippen LogP contribution is -2.48. The van der Waals surface area contributed by atoms with Gasteiger partial charge in [0.15, 0.2) is 0 Å². The smallest absolute Gasteiger partial charge is 0.263 e. The SMILES string of the molecule is O=C(CCC1CCCN(C(=O)c2cccs2)C1)N1CCN(Cc2ccccc2)CC1. The predicted octanol–water partition coefficient (Wildman–Crippen LogP) is 3.72. The summed E-state index contributed by atoms with van der Waals surface area (Å²) in [6.45, 7) is 6.09. The zero-order chi connectivity index (χ0) is 20.8. The first kappa shape index (κ1) is 21.1. The molecule has 2 aliphatic rings. The molecule has 2 saturated heterocycles. The van der Waals surface area contributed by atoms with E-state index in [9.17, 15) is 9.59 Å². The van der Waals surface area contributed by atoms with Crippen LogP contribution in [0.3, 0.4) is 0 Å². The number of piperidine rings is 1. The Morgan fingerprint density at radius 1 is 0.933 bits per heavy atom. The highest BCUT2D eigenvalue weighted by molar-refractivity contribution is 7.12. The van der Waals surface area contributed by atoms with Crippen molar-refractivity contribution >= 4 is 23.2 Å². The molecule has 1 aromatic carbocycles. The van der Waals surface area contributed by atoms with Crippen LogP contribution in [0.1, 0.15) is 40.9 Å². The number of hydrogen-bond donors (Lipinski definition) is 0. The van der Waals surface area contributed by atoms with Gasteiger partial charge in [0.1, 0.15) is 0 Å². The molecule has 0 N–H and O–H groups in total. The van der Waals surface area contributed by atoms with Crippen LogP contribution in [0.25, 0.3) is 0 Å². The maximum Gasteiger partial charge on any atom is 0.263 e. The van der Waals surface area contributed by atoms with E-state index in [1.165, 1.54) is 16.9 Å². The molecule has 3 heterocycles. The summed E-state index contributed by atoms with van der Waals surface area (Å²) in [7, 11) is 0. The van der Waals surface area contributed by atoms with Crippen molar-refractivity contribution in [3.8, 4) is 0 Å². The zero-order valence-electron chi connectivity index (χ0n) is 17.5. The van der Waals surface area contributed by atoms with Crippen molar-refractivity contribution in [2.45, 2.75) is 32.2 Å². The quantitative estimate of drug-likeness (QED) is 0.708. The molecule has 5 nitrogen and oxygen atoms in total. The molecule has 0 radical (unpaired) electrons. The van der Waals surface area contributed by atoms with E-state index >= 15 is 0 Å². The van der Waals surface area contributed by atoms with Gasteiger partial charge in [-0.25, -0.2) is 0 Å². The Labute approximate surface area is 183 Å². The van der Waals surface area contributed by atoms with Crippen LogP contribution >= 0.6 is 11.3 Å². The summed E-state index contributed by atoms with van der Waals surface area (Å²) in [6.07, 6.45) is 3.64. The minimum Gasteiger partial charge on any atom is -0.340 e. The average molecular weight is 426 g/mol. The van der Waals surface area contributed by atoms with E-state index in [0.29, 0.717) is 12.3 Å². The molecule has 30 heavy (non-hydrogen) atoms. The van der Waals surface area contributed by atoms with Crippen molar-refractivity contribution in [3.63, 3.8) is 0 Å². The Balaban J connectivity index is 1.19. The normalized spacial score (nSPS) is 20.3. The van der Waals surface area contributed by atoms with Crippen LogP contribution in [0.4, 0.5) is 0 Å². The van der Waals surface area contributed by atoms with Crippen LogP contribution < -0.4 is 0 Å². The third-order valence-electron chi connectivity index (χ3n) is 6.28. The number of benzene rings is 1. The van der Waals surface area contributed by atoms with Gasteiger partial charge in [0.05, 0.1) is 4.88 Å². The highest BCUT2D eigenvalue weighted by Gasteiger charge is 2.27. The minimum atomic E-state index is 0.149. The van der Waals surface area contributed by atoms with E-state index in [4.69, 9.17) is 0 Å². The first-order chi connectivity index (χ1) is 14.7.